The van der Waals surface area contributed by atoms with Crippen molar-refractivity contribution < 1.29 is 4.79 Å². The number of hydrogen-bond acceptors (Lipinski definition) is 6. The zero-order valence-electron chi connectivity index (χ0n) is 19.0. The Kier molecular flexibility index (Phi) is 5.71. The maximum absolute atomic E-state index is 12.5. The first kappa shape index (κ1) is 21.1. The van der Waals surface area contributed by atoms with E-state index in [-0.39, 0.29) is 17.5 Å². The summed E-state index contributed by atoms with van der Waals surface area (Å²) in [6.07, 6.45) is 10.7. The second-order valence-corrected chi connectivity index (χ2v) is 9.88. The van der Waals surface area contributed by atoms with E-state index in [2.05, 4.69) is 50.5 Å². The highest BCUT2D eigenvalue weighted by atomic mass is 16.2. The molecule has 170 valence electrons. The molecule has 2 aromatic rings. The number of pyridine rings is 2. The first-order valence-electron chi connectivity index (χ1n) is 11.8. The summed E-state index contributed by atoms with van der Waals surface area (Å²) in [4.78, 5) is 24.1. The van der Waals surface area contributed by atoms with Gasteiger partial charge >= 0.3 is 6.03 Å². The third kappa shape index (κ3) is 4.55. The highest BCUT2D eigenvalue weighted by molar-refractivity contribution is 5.90. The van der Waals surface area contributed by atoms with Crippen LogP contribution in [0.2, 0.25) is 0 Å². The predicted octanol–water partition coefficient (Wildman–Crippen LogP) is 3.56. The number of amides is 2. The Labute approximate surface area is 189 Å². The van der Waals surface area contributed by atoms with Gasteiger partial charge < -0.3 is 10.2 Å². The van der Waals surface area contributed by atoms with Crippen LogP contribution in [0.5, 0.6) is 0 Å². The lowest BCUT2D eigenvalue weighted by atomic mass is 10.0. The SMILES string of the molecule is CN1CCC(N2CC(c3cnc4ccc(NC(=O)NC5(C)CCCC5)nc4c3)C=N2)CC1. The van der Waals surface area contributed by atoms with Gasteiger partial charge in [-0.3, -0.25) is 15.3 Å². The van der Waals surface area contributed by atoms with Crippen LogP contribution in [0.3, 0.4) is 0 Å². The van der Waals surface area contributed by atoms with Gasteiger partial charge in [-0.25, -0.2) is 9.78 Å². The van der Waals surface area contributed by atoms with Crippen molar-refractivity contribution in [2.24, 2.45) is 5.10 Å². The molecule has 2 fully saturated rings. The zero-order chi connectivity index (χ0) is 22.1. The van der Waals surface area contributed by atoms with Gasteiger partial charge in [0.15, 0.2) is 0 Å². The van der Waals surface area contributed by atoms with Gasteiger partial charge in [-0.2, -0.15) is 5.10 Å². The van der Waals surface area contributed by atoms with E-state index in [1.807, 2.05) is 24.5 Å². The molecule has 2 aliphatic heterocycles. The molecule has 8 heteroatoms. The standard InChI is InChI=1S/C24H33N7O/c1-24(9-3-4-10-24)29-23(32)28-22-6-5-20-21(27-22)13-17(14-25-20)18-15-26-31(16-18)19-7-11-30(2)12-8-19/h5-6,13-15,18-19H,3-4,7-12,16H2,1-2H3,(H2,27,28,29,32). The maximum Gasteiger partial charge on any atom is 0.320 e. The number of anilines is 1. The molecule has 5 rings (SSSR count). The third-order valence-electron chi connectivity index (χ3n) is 7.24. The lowest BCUT2D eigenvalue weighted by Gasteiger charge is -2.34. The zero-order valence-corrected chi connectivity index (χ0v) is 19.0. The van der Waals surface area contributed by atoms with Crippen LogP contribution in [-0.2, 0) is 0 Å². The van der Waals surface area contributed by atoms with Crippen LogP contribution < -0.4 is 10.6 Å². The second kappa shape index (κ2) is 8.65. The summed E-state index contributed by atoms with van der Waals surface area (Å²) in [7, 11) is 2.18. The van der Waals surface area contributed by atoms with E-state index in [1.165, 1.54) is 12.8 Å². The van der Waals surface area contributed by atoms with Gasteiger partial charge in [-0.05, 0) is 76.5 Å². The van der Waals surface area contributed by atoms with E-state index in [4.69, 9.17) is 5.10 Å². The average Bonchev–Trinajstić information content (AvgIpc) is 3.43. The van der Waals surface area contributed by atoms with Gasteiger partial charge in [-0.15, -0.1) is 0 Å². The number of carbonyl (C=O) groups is 1. The number of rotatable bonds is 4. The average molecular weight is 436 g/mol. The number of carbonyl (C=O) groups excluding carboxylic acids is 1. The summed E-state index contributed by atoms with van der Waals surface area (Å²) in [5, 5.41) is 13.0. The number of hydrogen-bond donors (Lipinski definition) is 2. The van der Waals surface area contributed by atoms with Gasteiger partial charge in [0.25, 0.3) is 0 Å². The Bertz CT molecular complexity index is 1010. The van der Waals surface area contributed by atoms with E-state index < -0.39 is 0 Å². The fourth-order valence-electron chi connectivity index (χ4n) is 5.19. The smallest absolute Gasteiger partial charge is 0.320 e. The molecule has 1 saturated heterocycles. The van der Waals surface area contributed by atoms with E-state index in [0.29, 0.717) is 11.9 Å². The fraction of sp³-hybridized carbons (Fsp3) is 0.583. The number of urea groups is 1. The van der Waals surface area contributed by atoms with Crippen molar-refractivity contribution in [3.8, 4) is 0 Å². The van der Waals surface area contributed by atoms with Crippen molar-refractivity contribution in [2.75, 3.05) is 32.0 Å². The Morgan fingerprint density at radius 2 is 1.94 bits per heavy atom. The number of piperidine rings is 1. The third-order valence-corrected chi connectivity index (χ3v) is 7.24. The minimum atomic E-state index is -0.193. The topological polar surface area (TPSA) is 85.8 Å². The van der Waals surface area contributed by atoms with E-state index in [9.17, 15) is 4.79 Å². The van der Waals surface area contributed by atoms with Gasteiger partial charge in [0.05, 0.1) is 11.0 Å². The fourth-order valence-corrected chi connectivity index (χ4v) is 5.19. The van der Waals surface area contributed by atoms with Crippen LogP contribution in [0.1, 0.15) is 56.9 Å². The van der Waals surface area contributed by atoms with Crippen molar-refractivity contribution in [3.63, 3.8) is 0 Å². The summed E-state index contributed by atoms with van der Waals surface area (Å²) in [5.41, 5.74) is 2.62. The molecular formula is C24H33N7O. The molecule has 2 aromatic heterocycles. The number of fused-ring (bicyclic) bond motifs is 1. The van der Waals surface area contributed by atoms with E-state index in [1.54, 1.807) is 0 Å². The highest BCUT2D eigenvalue weighted by Crippen LogP contribution is 2.29. The molecule has 4 heterocycles. The van der Waals surface area contributed by atoms with Gasteiger partial charge in [0.1, 0.15) is 5.82 Å². The van der Waals surface area contributed by atoms with Crippen LogP contribution in [0.15, 0.2) is 29.5 Å². The monoisotopic (exact) mass is 435 g/mol. The normalized spacial score (nSPS) is 23.7. The number of nitrogens with one attached hydrogen (secondary N) is 2. The van der Waals surface area contributed by atoms with E-state index >= 15 is 0 Å². The maximum atomic E-state index is 12.5. The Hall–Kier alpha value is -2.74. The van der Waals surface area contributed by atoms with Crippen LogP contribution in [0.25, 0.3) is 11.0 Å². The van der Waals surface area contributed by atoms with Crippen molar-refractivity contribution in [3.05, 3.63) is 30.0 Å². The van der Waals surface area contributed by atoms with Crippen LogP contribution in [-0.4, -0.2) is 70.4 Å². The molecule has 0 bridgehead atoms. The molecule has 1 saturated carbocycles. The van der Waals surface area contributed by atoms with Gasteiger partial charge in [-0.1, -0.05) is 12.8 Å². The molecule has 2 N–H and O–H groups in total. The van der Waals surface area contributed by atoms with Crippen LogP contribution >= 0.6 is 0 Å². The molecular weight excluding hydrogens is 402 g/mol. The Morgan fingerprint density at radius 3 is 2.72 bits per heavy atom. The summed E-state index contributed by atoms with van der Waals surface area (Å²) >= 11 is 0. The lowest BCUT2D eigenvalue weighted by Crippen LogP contribution is -2.45. The Morgan fingerprint density at radius 1 is 1.16 bits per heavy atom. The molecule has 0 radical (unpaired) electrons. The molecule has 1 aliphatic carbocycles. The highest BCUT2D eigenvalue weighted by Gasteiger charge is 2.30. The molecule has 32 heavy (non-hydrogen) atoms. The number of likely N-dealkylation sites (tertiary alicyclic amines) is 1. The molecule has 3 aliphatic rings. The van der Waals surface area contributed by atoms with Gasteiger partial charge in [0, 0.05) is 36.5 Å². The molecule has 0 aromatic carbocycles. The van der Waals surface area contributed by atoms with E-state index in [0.717, 1.165) is 61.9 Å². The molecule has 1 atom stereocenters. The van der Waals surface area contributed by atoms with Crippen molar-refractivity contribution in [1.29, 1.82) is 0 Å². The summed E-state index contributed by atoms with van der Waals surface area (Å²) in [6, 6.07) is 6.13. The summed E-state index contributed by atoms with van der Waals surface area (Å²) in [6.45, 7) is 5.26. The lowest BCUT2D eigenvalue weighted by molar-refractivity contribution is 0.133. The molecule has 1 unspecified atom stereocenters. The number of aromatic nitrogens is 2. The number of hydrazone groups is 1. The van der Waals surface area contributed by atoms with Crippen molar-refractivity contribution in [1.82, 2.24) is 25.2 Å². The van der Waals surface area contributed by atoms with Crippen molar-refractivity contribution >= 4 is 29.1 Å². The van der Waals surface area contributed by atoms with Crippen LogP contribution in [0, 0.1) is 0 Å². The summed E-state index contributed by atoms with van der Waals surface area (Å²) in [5.74, 6) is 0.763. The summed E-state index contributed by atoms with van der Waals surface area (Å²) < 4.78 is 0. The minimum Gasteiger partial charge on any atom is -0.333 e. The minimum absolute atomic E-state index is 0.114. The van der Waals surface area contributed by atoms with Gasteiger partial charge in [0.2, 0.25) is 0 Å². The largest absolute Gasteiger partial charge is 0.333 e. The predicted molar refractivity (Wildman–Crippen MR) is 127 cm³/mol. The quantitative estimate of drug-likeness (QED) is 0.767. The first-order valence-corrected chi connectivity index (χ1v) is 11.8. The second-order valence-electron chi connectivity index (χ2n) is 9.88. The van der Waals surface area contributed by atoms with Crippen molar-refractivity contribution in [2.45, 2.75) is 62.9 Å². The Balaban J connectivity index is 1.25. The molecule has 2 amide bonds. The molecule has 0 spiro atoms. The van der Waals surface area contributed by atoms with Crippen LogP contribution in [0.4, 0.5) is 10.6 Å². The molecule has 8 nitrogen and oxygen atoms in total. The number of nitrogens with zero attached hydrogens (tertiary/aromatic N) is 5. The first-order chi connectivity index (χ1) is 15.5.